The highest BCUT2D eigenvalue weighted by atomic mass is 32.1. The molecule has 2 amide bonds. The number of likely N-dealkylation sites (N-methyl/N-ethyl adjacent to an activating group) is 1. The van der Waals surface area contributed by atoms with Crippen molar-refractivity contribution < 1.29 is 9.90 Å². The normalized spacial score (nSPS) is 11.6. The summed E-state index contributed by atoms with van der Waals surface area (Å²) in [5.41, 5.74) is 1.65. The zero-order valence-corrected chi connectivity index (χ0v) is 13.8. The molecule has 2 aromatic rings. The van der Waals surface area contributed by atoms with Crippen LogP contribution in [0.25, 0.3) is 0 Å². The van der Waals surface area contributed by atoms with Gasteiger partial charge in [0, 0.05) is 31.1 Å². The van der Waals surface area contributed by atoms with E-state index >= 15 is 0 Å². The fourth-order valence-electron chi connectivity index (χ4n) is 2.07. The monoisotopic (exact) mass is 330 g/mol. The maximum absolute atomic E-state index is 11.9. The highest BCUT2D eigenvalue weighted by molar-refractivity contribution is 7.15. The Balaban J connectivity index is 1.98. The summed E-state index contributed by atoms with van der Waals surface area (Å²) >= 11 is 1.39. The van der Waals surface area contributed by atoms with Crippen LogP contribution < -0.4 is 5.32 Å². The number of thiazole rings is 1. The van der Waals surface area contributed by atoms with E-state index in [-0.39, 0.29) is 12.6 Å². The van der Waals surface area contributed by atoms with Crippen LogP contribution in [0.2, 0.25) is 0 Å². The van der Waals surface area contributed by atoms with Crippen LogP contribution in [0, 0.1) is 11.3 Å². The zero-order chi connectivity index (χ0) is 16.8. The van der Waals surface area contributed by atoms with E-state index in [9.17, 15) is 9.90 Å². The number of hydrogen-bond acceptors (Lipinski definition) is 5. The molecule has 0 saturated heterocycles. The van der Waals surface area contributed by atoms with Crippen molar-refractivity contribution in [1.29, 1.82) is 5.26 Å². The molecule has 0 saturated carbocycles. The van der Waals surface area contributed by atoms with Crippen molar-refractivity contribution in [3.8, 4) is 6.07 Å². The third-order valence-corrected chi connectivity index (χ3v) is 4.00. The fourth-order valence-corrected chi connectivity index (χ4v) is 2.90. The van der Waals surface area contributed by atoms with Crippen LogP contribution >= 0.6 is 11.3 Å². The maximum atomic E-state index is 11.9. The highest BCUT2D eigenvalue weighted by Crippen LogP contribution is 2.21. The van der Waals surface area contributed by atoms with Gasteiger partial charge in [0.15, 0.2) is 5.13 Å². The lowest BCUT2D eigenvalue weighted by molar-refractivity contribution is 0.149. The van der Waals surface area contributed by atoms with Crippen molar-refractivity contribution in [3.63, 3.8) is 0 Å². The van der Waals surface area contributed by atoms with Gasteiger partial charge in [-0.3, -0.25) is 5.32 Å². The van der Waals surface area contributed by atoms with E-state index in [0.29, 0.717) is 17.1 Å². The molecule has 0 aliphatic rings. The first-order valence-corrected chi connectivity index (χ1v) is 7.93. The van der Waals surface area contributed by atoms with E-state index in [1.165, 1.54) is 16.2 Å². The number of carbonyl (C=O) groups excluding carboxylic acids is 1. The van der Waals surface area contributed by atoms with E-state index in [0.717, 1.165) is 10.4 Å². The summed E-state index contributed by atoms with van der Waals surface area (Å²) in [4.78, 5) is 18.5. The number of nitrogens with one attached hydrogen (secondary N) is 1. The van der Waals surface area contributed by atoms with Gasteiger partial charge in [-0.25, -0.2) is 9.78 Å². The van der Waals surface area contributed by atoms with E-state index < -0.39 is 6.10 Å². The number of rotatable bonds is 5. The molecule has 1 aromatic carbocycles. The third-order valence-electron chi connectivity index (χ3n) is 3.09. The van der Waals surface area contributed by atoms with Crippen LogP contribution in [0.15, 0.2) is 30.5 Å². The van der Waals surface area contributed by atoms with Crippen molar-refractivity contribution in [1.82, 2.24) is 9.88 Å². The van der Waals surface area contributed by atoms with Crippen molar-refractivity contribution in [2.24, 2.45) is 0 Å². The van der Waals surface area contributed by atoms with Gasteiger partial charge in [0.2, 0.25) is 0 Å². The number of aliphatic hydroxyl groups is 1. The first kappa shape index (κ1) is 16.9. The highest BCUT2D eigenvalue weighted by Gasteiger charge is 2.13. The summed E-state index contributed by atoms with van der Waals surface area (Å²) in [7, 11) is 1.62. The number of carbonyl (C=O) groups is 1. The molecule has 1 heterocycles. The number of aromatic nitrogens is 1. The van der Waals surface area contributed by atoms with Crippen molar-refractivity contribution in [2.75, 3.05) is 18.9 Å². The number of anilines is 1. The second-order valence-electron chi connectivity index (χ2n) is 5.28. The van der Waals surface area contributed by atoms with Crippen LogP contribution in [0.5, 0.6) is 0 Å². The minimum atomic E-state index is -0.579. The van der Waals surface area contributed by atoms with Crippen LogP contribution in [0.4, 0.5) is 9.93 Å². The second kappa shape index (κ2) is 7.72. The third kappa shape index (κ3) is 5.06. The summed E-state index contributed by atoms with van der Waals surface area (Å²) in [6, 6.07) is 9.22. The predicted octanol–water partition coefficient (Wildman–Crippen LogP) is 2.45. The summed E-state index contributed by atoms with van der Waals surface area (Å²) in [5, 5.41) is 21.4. The van der Waals surface area contributed by atoms with Crippen molar-refractivity contribution >= 4 is 22.5 Å². The Morgan fingerprint density at radius 3 is 3.04 bits per heavy atom. The van der Waals surface area contributed by atoms with Gasteiger partial charge in [0.1, 0.15) is 0 Å². The minimum absolute atomic E-state index is 0.255. The number of aliphatic hydroxyl groups excluding tert-OH is 1. The summed E-state index contributed by atoms with van der Waals surface area (Å²) in [5.74, 6) is 0. The zero-order valence-electron chi connectivity index (χ0n) is 13.0. The van der Waals surface area contributed by atoms with Gasteiger partial charge in [-0.15, -0.1) is 11.3 Å². The molecular weight excluding hydrogens is 312 g/mol. The van der Waals surface area contributed by atoms with Gasteiger partial charge in [-0.05, 0) is 24.6 Å². The Morgan fingerprint density at radius 1 is 1.57 bits per heavy atom. The SMILES string of the molecule is C[C@H](O)CN(C)C(=O)Nc1ncc(Cc2cccc(C#N)c2)s1. The summed E-state index contributed by atoms with van der Waals surface area (Å²) in [6.07, 6.45) is 1.80. The number of urea groups is 1. The van der Waals surface area contributed by atoms with E-state index in [4.69, 9.17) is 5.26 Å². The number of benzene rings is 1. The van der Waals surface area contributed by atoms with E-state index in [2.05, 4.69) is 16.4 Å². The van der Waals surface area contributed by atoms with Gasteiger partial charge in [0.25, 0.3) is 0 Å². The van der Waals surface area contributed by atoms with Gasteiger partial charge in [-0.1, -0.05) is 12.1 Å². The number of amides is 2. The lowest BCUT2D eigenvalue weighted by atomic mass is 10.1. The standard InChI is InChI=1S/C16H18N4O2S/c1-11(21)10-20(2)16(22)19-15-18-9-14(23-15)7-12-4-3-5-13(6-12)8-17/h3-6,9,11,21H,7,10H2,1-2H3,(H,18,19,22)/t11-/m0/s1. The molecule has 23 heavy (non-hydrogen) atoms. The molecule has 6 nitrogen and oxygen atoms in total. The second-order valence-corrected chi connectivity index (χ2v) is 6.40. The summed E-state index contributed by atoms with van der Waals surface area (Å²) in [6.45, 7) is 1.88. The first-order chi connectivity index (χ1) is 11.0. The number of nitrogens with zero attached hydrogens (tertiary/aromatic N) is 3. The lowest BCUT2D eigenvalue weighted by Gasteiger charge is -2.18. The van der Waals surface area contributed by atoms with Crippen LogP contribution in [0.3, 0.4) is 0 Å². The smallest absolute Gasteiger partial charge is 0.323 e. The molecule has 0 unspecified atom stereocenters. The van der Waals surface area contributed by atoms with Gasteiger partial charge >= 0.3 is 6.03 Å². The number of hydrogen-bond donors (Lipinski definition) is 2. The molecule has 7 heteroatoms. The quantitative estimate of drug-likeness (QED) is 0.881. The molecule has 2 rings (SSSR count). The average molecular weight is 330 g/mol. The molecule has 0 aliphatic heterocycles. The Labute approximate surface area is 139 Å². The Morgan fingerprint density at radius 2 is 2.35 bits per heavy atom. The topological polar surface area (TPSA) is 89.2 Å². The Hall–Kier alpha value is -2.43. The van der Waals surface area contributed by atoms with Crippen LogP contribution in [-0.2, 0) is 6.42 Å². The number of nitriles is 1. The molecule has 2 N–H and O–H groups in total. The fraction of sp³-hybridized carbons (Fsp3) is 0.312. The molecule has 0 aliphatic carbocycles. The van der Waals surface area contributed by atoms with E-state index in [1.54, 1.807) is 26.2 Å². The largest absolute Gasteiger partial charge is 0.392 e. The van der Waals surface area contributed by atoms with Crippen LogP contribution in [0.1, 0.15) is 22.9 Å². The summed E-state index contributed by atoms with van der Waals surface area (Å²) < 4.78 is 0. The molecule has 1 atom stereocenters. The van der Waals surface area contributed by atoms with Gasteiger partial charge in [-0.2, -0.15) is 5.26 Å². The maximum Gasteiger partial charge on any atom is 0.323 e. The van der Waals surface area contributed by atoms with E-state index in [1.807, 2.05) is 18.2 Å². The molecule has 0 bridgehead atoms. The molecule has 0 radical (unpaired) electrons. The molecule has 0 spiro atoms. The first-order valence-electron chi connectivity index (χ1n) is 7.12. The Kier molecular flexibility index (Phi) is 5.68. The van der Waals surface area contributed by atoms with Crippen molar-refractivity contribution in [3.05, 3.63) is 46.5 Å². The Bertz CT molecular complexity index is 721. The van der Waals surface area contributed by atoms with Gasteiger partial charge in [0.05, 0.1) is 17.7 Å². The molecule has 1 aromatic heterocycles. The lowest BCUT2D eigenvalue weighted by Crippen LogP contribution is -2.36. The molecule has 0 fully saturated rings. The molecular formula is C16H18N4O2S. The van der Waals surface area contributed by atoms with Crippen molar-refractivity contribution in [2.45, 2.75) is 19.4 Å². The van der Waals surface area contributed by atoms with Crippen LogP contribution in [-0.4, -0.2) is 40.7 Å². The molecule has 120 valence electrons. The predicted molar refractivity (Wildman–Crippen MR) is 89.4 cm³/mol. The minimum Gasteiger partial charge on any atom is -0.392 e. The average Bonchev–Trinajstić information content (AvgIpc) is 2.93. The van der Waals surface area contributed by atoms with Gasteiger partial charge < -0.3 is 10.0 Å².